The lowest BCUT2D eigenvalue weighted by atomic mass is 9.77. The number of nitrogens with one attached hydrogen (secondary N) is 1. The fraction of sp³-hybridized carbons (Fsp3) is 0.133. The molecule has 0 spiro atoms. The third-order valence-electron chi connectivity index (χ3n) is 9.33. The SMILES string of the molecule is COc1cc(C)nc(OC)c1NC(=O)N(Cc1ccccc1)Cc1cccc(-c2ccn(C(c3ccccc3)(c3ccccc3)c3ccccc3)n2)c1. The lowest BCUT2D eigenvalue weighted by molar-refractivity contribution is 0.206. The first-order valence-electron chi connectivity index (χ1n) is 17.5. The van der Waals surface area contributed by atoms with E-state index >= 15 is 0 Å². The Hall–Kier alpha value is -6.67. The predicted octanol–water partition coefficient (Wildman–Crippen LogP) is 9.35. The number of pyridine rings is 1. The number of benzene rings is 5. The van der Waals surface area contributed by atoms with Crippen molar-refractivity contribution in [3.63, 3.8) is 0 Å². The van der Waals surface area contributed by atoms with Gasteiger partial charge in [0.05, 0.1) is 19.9 Å². The van der Waals surface area contributed by atoms with E-state index in [0.29, 0.717) is 30.2 Å². The summed E-state index contributed by atoms with van der Waals surface area (Å²) in [5.41, 5.74) is 7.36. The zero-order chi connectivity index (χ0) is 36.6. The minimum Gasteiger partial charge on any atom is -0.494 e. The Morgan fingerprint density at radius 1 is 0.679 bits per heavy atom. The summed E-state index contributed by atoms with van der Waals surface area (Å²) in [6, 6.07) is 53.1. The van der Waals surface area contributed by atoms with Crippen LogP contribution in [0.4, 0.5) is 10.5 Å². The van der Waals surface area contributed by atoms with E-state index in [2.05, 4.69) is 112 Å². The molecule has 0 radical (unpaired) electrons. The summed E-state index contributed by atoms with van der Waals surface area (Å²) in [5.74, 6) is 0.752. The van der Waals surface area contributed by atoms with E-state index in [-0.39, 0.29) is 11.9 Å². The zero-order valence-corrected chi connectivity index (χ0v) is 30.0. The van der Waals surface area contributed by atoms with Gasteiger partial charge in [0.1, 0.15) is 17.0 Å². The largest absolute Gasteiger partial charge is 0.494 e. The van der Waals surface area contributed by atoms with E-state index in [1.807, 2.05) is 67.6 Å². The van der Waals surface area contributed by atoms with Crippen LogP contribution in [0.2, 0.25) is 0 Å². The Labute approximate surface area is 310 Å². The van der Waals surface area contributed by atoms with Crippen molar-refractivity contribution < 1.29 is 14.3 Å². The number of carbonyl (C=O) groups is 1. The molecule has 0 atom stereocenters. The molecule has 0 fully saturated rings. The van der Waals surface area contributed by atoms with Gasteiger partial charge in [-0.15, -0.1) is 0 Å². The van der Waals surface area contributed by atoms with Crippen LogP contribution in [0.1, 0.15) is 33.5 Å². The number of carbonyl (C=O) groups excluding carboxylic acids is 1. The zero-order valence-electron chi connectivity index (χ0n) is 30.0. The lowest BCUT2D eigenvalue weighted by Crippen LogP contribution is -2.38. The van der Waals surface area contributed by atoms with Crippen LogP contribution in [0.15, 0.2) is 164 Å². The van der Waals surface area contributed by atoms with Crippen molar-refractivity contribution in [3.8, 4) is 22.9 Å². The van der Waals surface area contributed by atoms with Crippen molar-refractivity contribution in [2.45, 2.75) is 25.6 Å². The summed E-state index contributed by atoms with van der Waals surface area (Å²) < 4.78 is 13.2. The number of aryl methyl sites for hydroxylation is 1. The molecule has 0 bridgehead atoms. The highest BCUT2D eigenvalue weighted by atomic mass is 16.5. The number of urea groups is 1. The first kappa shape index (κ1) is 34.8. The number of rotatable bonds is 12. The molecule has 1 N–H and O–H groups in total. The number of methoxy groups -OCH3 is 2. The topological polar surface area (TPSA) is 81.5 Å². The molecule has 8 heteroatoms. The molecular formula is C45H41N5O3. The second kappa shape index (κ2) is 15.7. The molecular weight excluding hydrogens is 659 g/mol. The monoisotopic (exact) mass is 699 g/mol. The molecule has 53 heavy (non-hydrogen) atoms. The highest BCUT2D eigenvalue weighted by molar-refractivity contribution is 5.92. The van der Waals surface area contributed by atoms with Gasteiger partial charge in [-0.05, 0) is 46.9 Å². The highest BCUT2D eigenvalue weighted by Gasteiger charge is 2.39. The maximum Gasteiger partial charge on any atom is 0.322 e. The van der Waals surface area contributed by atoms with Crippen LogP contribution in [0.25, 0.3) is 11.3 Å². The number of ether oxygens (including phenoxy) is 2. The quantitative estimate of drug-likeness (QED) is 0.129. The van der Waals surface area contributed by atoms with E-state index in [0.717, 1.165) is 39.1 Å². The summed E-state index contributed by atoms with van der Waals surface area (Å²) in [7, 11) is 3.08. The summed E-state index contributed by atoms with van der Waals surface area (Å²) >= 11 is 0. The van der Waals surface area contributed by atoms with Crippen LogP contribution in [0.5, 0.6) is 11.6 Å². The van der Waals surface area contributed by atoms with Crippen molar-refractivity contribution >= 4 is 11.7 Å². The molecule has 8 nitrogen and oxygen atoms in total. The van der Waals surface area contributed by atoms with Crippen molar-refractivity contribution in [1.29, 1.82) is 0 Å². The number of nitrogens with zero attached hydrogens (tertiary/aromatic N) is 4. The molecule has 264 valence electrons. The maximum absolute atomic E-state index is 14.1. The van der Waals surface area contributed by atoms with Crippen LogP contribution in [-0.2, 0) is 18.6 Å². The van der Waals surface area contributed by atoms with E-state index in [4.69, 9.17) is 14.6 Å². The van der Waals surface area contributed by atoms with E-state index < -0.39 is 5.54 Å². The lowest BCUT2D eigenvalue weighted by Gasteiger charge is -2.36. The van der Waals surface area contributed by atoms with Gasteiger partial charge in [-0.1, -0.05) is 140 Å². The highest BCUT2D eigenvalue weighted by Crippen LogP contribution is 2.41. The molecule has 0 saturated carbocycles. The van der Waals surface area contributed by atoms with E-state index in [9.17, 15) is 4.79 Å². The molecule has 2 amide bonds. The molecule has 0 unspecified atom stereocenters. The normalized spacial score (nSPS) is 11.2. The number of amides is 2. The fourth-order valence-electron chi connectivity index (χ4n) is 6.88. The van der Waals surface area contributed by atoms with Crippen LogP contribution >= 0.6 is 0 Å². The Bertz CT molecular complexity index is 2150. The van der Waals surface area contributed by atoms with Gasteiger partial charge < -0.3 is 14.4 Å². The van der Waals surface area contributed by atoms with Gasteiger partial charge in [0.2, 0.25) is 5.88 Å². The van der Waals surface area contributed by atoms with Crippen LogP contribution in [-0.4, -0.2) is 39.9 Å². The fourth-order valence-corrected chi connectivity index (χ4v) is 6.88. The Morgan fingerprint density at radius 3 is 1.79 bits per heavy atom. The molecule has 7 aromatic rings. The van der Waals surface area contributed by atoms with Gasteiger partial charge in [-0.3, -0.25) is 10.00 Å². The van der Waals surface area contributed by atoms with Gasteiger partial charge in [-0.2, -0.15) is 5.10 Å². The van der Waals surface area contributed by atoms with Crippen LogP contribution in [0, 0.1) is 6.92 Å². The standard InChI is InChI=1S/C45H41N5O3/c1-33-29-41(52-2)42(43(46-33)53-3)47-44(51)49(31-34-17-8-4-9-18-34)32-35-19-16-20-36(30-35)40-27-28-50(48-40)45(37-21-10-5-11-22-37,38-23-12-6-13-24-38)39-25-14-7-15-26-39/h4-30H,31-32H2,1-3H3,(H,47,51). The smallest absolute Gasteiger partial charge is 0.322 e. The van der Waals surface area contributed by atoms with Gasteiger partial charge in [0.25, 0.3) is 0 Å². The summed E-state index contributed by atoms with van der Waals surface area (Å²) in [4.78, 5) is 20.3. The summed E-state index contributed by atoms with van der Waals surface area (Å²) in [6.45, 7) is 2.56. The van der Waals surface area contributed by atoms with Gasteiger partial charge in [-0.25, -0.2) is 9.78 Å². The second-order valence-corrected chi connectivity index (χ2v) is 12.8. The van der Waals surface area contributed by atoms with E-state index in [1.54, 1.807) is 18.1 Å². The molecule has 0 saturated heterocycles. The van der Waals surface area contributed by atoms with Crippen molar-refractivity contribution in [1.82, 2.24) is 19.7 Å². The second-order valence-electron chi connectivity index (χ2n) is 12.8. The summed E-state index contributed by atoms with van der Waals surface area (Å²) in [5, 5.41) is 8.32. The Kier molecular flexibility index (Phi) is 10.3. The predicted molar refractivity (Wildman–Crippen MR) is 209 cm³/mol. The maximum atomic E-state index is 14.1. The first-order valence-corrected chi connectivity index (χ1v) is 17.5. The first-order chi connectivity index (χ1) is 26.0. The van der Waals surface area contributed by atoms with Crippen molar-refractivity contribution in [3.05, 3.63) is 197 Å². The average Bonchev–Trinajstić information content (AvgIpc) is 3.71. The molecule has 0 aliphatic heterocycles. The minimum absolute atomic E-state index is 0.282. The van der Waals surface area contributed by atoms with Crippen LogP contribution < -0.4 is 14.8 Å². The summed E-state index contributed by atoms with van der Waals surface area (Å²) in [6.07, 6.45) is 2.06. The van der Waals surface area contributed by atoms with Crippen molar-refractivity contribution in [2.75, 3.05) is 19.5 Å². The number of aromatic nitrogens is 3. The van der Waals surface area contributed by atoms with Gasteiger partial charge in [0.15, 0.2) is 0 Å². The number of hydrogen-bond donors (Lipinski definition) is 1. The minimum atomic E-state index is -0.725. The van der Waals surface area contributed by atoms with Gasteiger partial charge >= 0.3 is 6.03 Å². The molecule has 0 aliphatic carbocycles. The Morgan fingerprint density at radius 2 is 1.23 bits per heavy atom. The third-order valence-corrected chi connectivity index (χ3v) is 9.33. The Balaban J connectivity index is 1.25. The third kappa shape index (κ3) is 7.25. The molecule has 0 aliphatic rings. The number of anilines is 1. The number of hydrogen-bond acceptors (Lipinski definition) is 5. The average molecular weight is 700 g/mol. The van der Waals surface area contributed by atoms with Crippen LogP contribution in [0.3, 0.4) is 0 Å². The molecule has 2 heterocycles. The molecule has 7 rings (SSSR count). The van der Waals surface area contributed by atoms with E-state index in [1.165, 1.54) is 7.11 Å². The van der Waals surface area contributed by atoms with Crippen molar-refractivity contribution in [2.24, 2.45) is 0 Å². The molecule has 2 aromatic heterocycles. The molecule has 5 aromatic carbocycles. The van der Waals surface area contributed by atoms with Gasteiger partial charge in [0, 0.05) is 36.6 Å².